The Hall–Kier alpha value is -0.940. The van der Waals surface area contributed by atoms with E-state index in [0.29, 0.717) is 25.1 Å². The summed E-state index contributed by atoms with van der Waals surface area (Å²) < 4.78 is 11.1. The van der Waals surface area contributed by atoms with Crippen LogP contribution in [0.25, 0.3) is 0 Å². The van der Waals surface area contributed by atoms with Crippen LogP contribution >= 0.6 is 0 Å². The highest BCUT2D eigenvalue weighted by Crippen LogP contribution is 2.17. The van der Waals surface area contributed by atoms with Crippen LogP contribution in [0.5, 0.6) is 0 Å². The van der Waals surface area contributed by atoms with Gasteiger partial charge in [0.2, 0.25) is 0 Å². The third-order valence-corrected chi connectivity index (χ3v) is 4.16. The number of aliphatic hydroxyl groups is 1. The maximum absolute atomic E-state index is 10.0. The minimum atomic E-state index is -0.485. The molecule has 4 unspecified atom stereocenters. The molecule has 2 N–H and O–H groups in total. The van der Waals surface area contributed by atoms with Crippen LogP contribution in [0.3, 0.4) is 0 Å². The Kier molecular flexibility index (Phi) is 6.64. The van der Waals surface area contributed by atoms with Gasteiger partial charge in [-0.1, -0.05) is 30.3 Å². The predicted octanol–water partition coefficient (Wildman–Crippen LogP) is 2.14. The molecule has 4 nitrogen and oxygen atoms in total. The second-order valence-electron chi connectivity index (χ2n) is 5.86. The number of hydrogen-bond acceptors (Lipinski definition) is 4. The summed E-state index contributed by atoms with van der Waals surface area (Å²) in [5, 5.41) is 13.4. The van der Waals surface area contributed by atoms with Gasteiger partial charge in [0.1, 0.15) is 0 Å². The molecule has 118 valence electrons. The van der Waals surface area contributed by atoms with E-state index in [-0.39, 0.29) is 6.10 Å². The zero-order chi connectivity index (χ0) is 15.1. The molecule has 0 amide bonds. The average Bonchev–Trinajstić information content (AvgIpc) is 3.05. The number of hydrogen-bond donors (Lipinski definition) is 2. The topological polar surface area (TPSA) is 50.7 Å². The van der Waals surface area contributed by atoms with Crippen molar-refractivity contribution in [2.75, 3.05) is 26.4 Å². The van der Waals surface area contributed by atoms with E-state index >= 15 is 0 Å². The summed E-state index contributed by atoms with van der Waals surface area (Å²) in [4.78, 5) is 0. The van der Waals surface area contributed by atoms with Crippen molar-refractivity contribution < 1.29 is 14.6 Å². The minimum Gasteiger partial charge on any atom is -0.389 e. The lowest BCUT2D eigenvalue weighted by molar-refractivity contribution is -0.00337. The van der Waals surface area contributed by atoms with E-state index in [2.05, 4.69) is 12.2 Å². The number of ether oxygens (including phenoxy) is 2. The first-order valence-corrected chi connectivity index (χ1v) is 7.82. The molecule has 2 rings (SSSR count). The van der Waals surface area contributed by atoms with Gasteiger partial charge in [0.05, 0.1) is 25.4 Å². The molecule has 1 heterocycles. The molecular formula is C17H27NO3. The van der Waals surface area contributed by atoms with Gasteiger partial charge >= 0.3 is 0 Å². The summed E-state index contributed by atoms with van der Waals surface area (Å²) in [7, 11) is 0. The first kappa shape index (κ1) is 16.4. The molecular weight excluding hydrogens is 266 g/mol. The number of rotatable bonds is 8. The lowest BCUT2D eigenvalue weighted by Crippen LogP contribution is -2.40. The van der Waals surface area contributed by atoms with Crippen molar-refractivity contribution in [2.24, 2.45) is 5.92 Å². The quantitative estimate of drug-likeness (QED) is 0.771. The molecule has 1 aliphatic heterocycles. The summed E-state index contributed by atoms with van der Waals surface area (Å²) in [6.07, 6.45) is 0.619. The summed E-state index contributed by atoms with van der Waals surface area (Å²) in [5.41, 5.74) is 1.13. The van der Waals surface area contributed by atoms with E-state index in [1.54, 1.807) is 0 Å². The van der Waals surface area contributed by atoms with Gasteiger partial charge in [-0.3, -0.25) is 0 Å². The predicted molar refractivity (Wildman–Crippen MR) is 83.2 cm³/mol. The number of aliphatic hydroxyl groups excluding tert-OH is 1. The molecule has 4 heteroatoms. The number of benzene rings is 1. The molecule has 1 aromatic carbocycles. The first-order chi connectivity index (χ1) is 10.2. The van der Waals surface area contributed by atoms with Crippen LogP contribution in [0.2, 0.25) is 0 Å². The van der Waals surface area contributed by atoms with Crippen LogP contribution in [0.1, 0.15) is 31.9 Å². The smallest absolute Gasteiger partial charge is 0.0898 e. The Morgan fingerprint density at radius 3 is 2.76 bits per heavy atom. The zero-order valence-electron chi connectivity index (χ0n) is 13.0. The molecule has 21 heavy (non-hydrogen) atoms. The van der Waals surface area contributed by atoms with Crippen molar-refractivity contribution in [3.8, 4) is 0 Å². The highest BCUT2D eigenvalue weighted by atomic mass is 16.5. The summed E-state index contributed by atoms with van der Waals surface area (Å²) in [6, 6.07) is 10.4. The van der Waals surface area contributed by atoms with Crippen molar-refractivity contribution in [1.29, 1.82) is 0 Å². The van der Waals surface area contributed by atoms with Gasteiger partial charge in [-0.25, -0.2) is 0 Å². The third kappa shape index (κ3) is 5.40. The lowest BCUT2D eigenvalue weighted by atomic mass is 10.0. The van der Waals surface area contributed by atoms with Crippen molar-refractivity contribution in [2.45, 2.75) is 38.5 Å². The van der Waals surface area contributed by atoms with E-state index in [1.807, 2.05) is 37.3 Å². The molecule has 4 atom stereocenters. The van der Waals surface area contributed by atoms with Crippen LogP contribution < -0.4 is 5.32 Å². The zero-order valence-corrected chi connectivity index (χ0v) is 13.0. The van der Waals surface area contributed by atoms with E-state index in [9.17, 15) is 5.11 Å². The van der Waals surface area contributed by atoms with Crippen molar-refractivity contribution in [1.82, 2.24) is 5.32 Å². The van der Waals surface area contributed by atoms with E-state index in [4.69, 9.17) is 9.47 Å². The maximum atomic E-state index is 10.0. The van der Waals surface area contributed by atoms with Crippen molar-refractivity contribution >= 4 is 0 Å². The van der Waals surface area contributed by atoms with E-state index in [1.165, 1.54) is 0 Å². The summed E-state index contributed by atoms with van der Waals surface area (Å²) in [6.45, 7) is 6.74. The van der Waals surface area contributed by atoms with Gasteiger partial charge < -0.3 is 19.9 Å². The monoisotopic (exact) mass is 293 g/mol. The summed E-state index contributed by atoms with van der Waals surface area (Å²) in [5.74, 6) is 0.557. The first-order valence-electron chi connectivity index (χ1n) is 7.82. The van der Waals surface area contributed by atoms with Gasteiger partial charge in [-0.2, -0.15) is 0 Å². The molecule has 0 aliphatic carbocycles. The normalized spacial score (nSPS) is 22.9. The molecule has 1 aliphatic rings. The molecule has 1 saturated heterocycles. The van der Waals surface area contributed by atoms with Gasteiger partial charge in [0.15, 0.2) is 0 Å². The van der Waals surface area contributed by atoms with Gasteiger partial charge in [-0.05, 0) is 31.7 Å². The second-order valence-corrected chi connectivity index (χ2v) is 5.86. The fraction of sp³-hybridized carbons (Fsp3) is 0.647. The van der Waals surface area contributed by atoms with E-state index in [0.717, 1.165) is 25.2 Å². The molecule has 0 aromatic heterocycles. The largest absolute Gasteiger partial charge is 0.389 e. The van der Waals surface area contributed by atoms with Crippen LogP contribution in [-0.2, 0) is 9.47 Å². The molecule has 1 fully saturated rings. The summed E-state index contributed by atoms with van der Waals surface area (Å²) >= 11 is 0. The highest BCUT2D eigenvalue weighted by molar-refractivity contribution is 5.16. The Morgan fingerprint density at radius 2 is 2.10 bits per heavy atom. The fourth-order valence-corrected chi connectivity index (χ4v) is 2.57. The fourth-order valence-electron chi connectivity index (χ4n) is 2.57. The number of nitrogens with one attached hydrogen (secondary N) is 1. The van der Waals surface area contributed by atoms with Crippen molar-refractivity contribution in [3.63, 3.8) is 0 Å². The maximum Gasteiger partial charge on any atom is 0.0898 e. The Morgan fingerprint density at radius 1 is 1.33 bits per heavy atom. The van der Waals surface area contributed by atoms with Gasteiger partial charge in [0.25, 0.3) is 0 Å². The molecule has 0 spiro atoms. The third-order valence-electron chi connectivity index (χ3n) is 4.16. The highest BCUT2D eigenvalue weighted by Gasteiger charge is 2.22. The van der Waals surface area contributed by atoms with Crippen LogP contribution in [0.15, 0.2) is 30.3 Å². The van der Waals surface area contributed by atoms with Crippen LogP contribution in [0.4, 0.5) is 0 Å². The van der Waals surface area contributed by atoms with E-state index < -0.39 is 6.10 Å². The lowest BCUT2D eigenvalue weighted by Gasteiger charge is -2.22. The Bertz CT molecular complexity index is 392. The van der Waals surface area contributed by atoms with Crippen LogP contribution in [0, 0.1) is 5.92 Å². The van der Waals surface area contributed by atoms with Gasteiger partial charge in [-0.15, -0.1) is 0 Å². The SMILES string of the molecule is CC(OCC(O)CNC(C)C1CCOC1)c1ccccc1. The molecule has 0 radical (unpaired) electrons. The Balaban J connectivity index is 1.64. The standard InChI is InChI=1S/C17H27NO3/c1-13(16-8-9-20-11-16)18-10-17(19)12-21-14(2)15-6-4-3-5-7-15/h3-7,13-14,16-19H,8-12H2,1-2H3. The molecule has 0 saturated carbocycles. The Labute approximate surface area is 127 Å². The van der Waals surface area contributed by atoms with Crippen LogP contribution in [-0.4, -0.2) is 43.6 Å². The minimum absolute atomic E-state index is 0.00139. The second kappa shape index (κ2) is 8.49. The van der Waals surface area contributed by atoms with Crippen molar-refractivity contribution in [3.05, 3.63) is 35.9 Å². The molecule has 1 aromatic rings. The molecule has 0 bridgehead atoms. The average molecular weight is 293 g/mol. The van der Waals surface area contributed by atoms with Gasteiger partial charge in [0, 0.05) is 19.2 Å².